The number of aromatic hydroxyl groups is 7. The van der Waals surface area contributed by atoms with Crippen LogP contribution in [0.5, 0.6) is 57.5 Å². The van der Waals surface area contributed by atoms with E-state index in [1.807, 2.05) is 60.7 Å². The molecule has 0 aliphatic heterocycles. The number of fused-ring (bicyclic) bond motifs is 6. The van der Waals surface area contributed by atoms with E-state index in [0.717, 1.165) is 17.2 Å². The number of hydrogen-bond acceptors (Lipinski definition) is 16. The monoisotopic (exact) mass is 1530 g/mol. The van der Waals surface area contributed by atoms with E-state index in [9.17, 15) is 69.6 Å². The first-order valence-corrected chi connectivity index (χ1v) is 32.7. The molecule has 0 heterocycles. The van der Waals surface area contributed by atoms with Gasteiger partial charge in [0.05, 0.1) is 55.4 Å². The molecule has 0 radical (unpaired) electrons. The van der Waals surface area contributed by atoms with Crippen molar-refractivity contribution in [3.63, 3.8) is 0 Å². The number of aromatic carboxylic acids is 6. The summed E-state index contributed by atoms with van der Waals surface area (Å²) < 4.78 is 17.3. The summed E-state index contributed by atoms with van der Waals surface area (Å²) in [6.07, 6.45) is 0. The third-order valence-electron chi connectivity index (χ3n) is 15.8. The van der Waals surface area contributed by atoms with Crippen molar-refractivity contribution in [3.05, 3.63) is 296 Å². The van der Waals surface area contributed by atoms with Gasteiger partial charge in [-0.05, 0) is 187 Å². The number of halogens is 3. The van der Waals surface area contributed by atoms with Gasteiger partial charge in [-0.1, -0.05) is 132 Å². The highest BCUT2D eigenvalue weighted by molar-refractivity contribution is 9.10. The van der Waals surface area contributed by atoms with E-state index in [1.165, 1.54) is 73.8 Å². The summed E-state index contributed by atoms with van der Waals surface area (Å²) in [5.74, 6) is -5.62. The summed E-state index contributed by atoms with van der Waals surface area (Å²) >= 11 is 14.7. The molecule has 0 aliphatic carbocycles. The van der Waals surface area contributed by atoms with Crippen molar-refractivity contribution in [2.45, 2.75) is 13.2 Å². The second kappa shape index (κ2) is 34.5. The molecule has 14 aromatic rings. The van der Waals surface area contributed by atoms with E-state index in [2.05, 4.69) is 15.9 Å². The van der Waals surface area contributed by atoms with E-state index >= 15 is 0 Å². The molecule has 0 atom stereocenters. The summed E-state index contributed by atoms with van der Waals surface area (Å²) in [7, 11) is 1.53. The number of carboxylic acids is 6. The average Bonchev–Trinajstić information content (AvgIpc) is 0.803. The number of methoxy groups -OCH3 is 1. The molecule has 0 spiro atoms. The van der Waals surface area contributed by atoms with Crippen molar-refractivity contribution in [1.82, 2.24) is 0 Å². The van der Waals surface area contributed by atoms with Crippen LogP contribution in [0.3, 0.4) is 0 Å². The summed E-state index contributed by atoms with van der Waals surface area (Å²) in [5, 5.41) is 129. The average molecular weight is 1540 g/mol. The number of phenols is 7. The number of hydrogen-bond donors (Lipinski definition) is 13. The molecule has 0 unspecified atom stereocenters. The SMILES string of the molecule is COc1ccc2c(O)cc(C(=O)O)cc2c1.O=C(O)c1cc(O)c2c(Cl)cccc2c1.O=C(O)c1cc(O)c2c(O)cccc2c1.O=C(O)c1cc(O)c2cc(OCc3ccccc3)c(OCc3ccccc3)cc2c1.O=C(O)c1cc(O)c2ccc(Cl)cc2c1.O=C(O)c1cc2ccccc2c(O)c1Br. The lowest BCUT2D eigenvalue weighted by molar-refractivity contribution is 0.0685. The quantitative estimate of drug-likeness (QED) is 0.0510. The van der Waals surface area contributed by atoms with Crippen LogP contribution in [-0.2, 0) is 13.2 Å². The predicted molar refractivity (Wildman–Crippen MR) is 403 cm³/mol. The first kappa shape index (κ1) is 76.7. The Morgan fingerprint density at radius 1 is 0.340 bits per heavy atom. The van der Waals surface area contributed by atoms with Crippen LogP contribution in [0.1, 0.15) is 73.3 Å². The van der Waals surface area contributed by atoms with Gasteiger partial charge in [0.15, 0.2) is 11.5 Å². The molecule has 0 bridgehead atoms. The zero-order chi connectivity index (χ0) is 76.6. The maximum Gasteiger partial charge on any atom is 0.337 e. The Morgan fingerprint density at radius 3 is 1.25 bits per heavy atom. The minimum absolute atomic E-state index is 0.00645. The standard InChI is InChI=1S/C25H20O5.C12H10O4.C11H7BrO3.2C11H7ClO3.C11H8O4/c26-22-12-20(25(27)28)11-19-13-23(29-15-17-7-3-1-4-8-17)24(14-21(19)22)30-16-18-9-5-2-6-10-18;1-16-9-2-3-10-7(5-9)4-8(12(14)15)6-11(10)13;12-9-8(11(14)15)5-6-3-1-2-4-7(6)10(9)13;12-8-1-2-9-6(4-8)3-7(11(14)15)5-10(9)13;2*12-8-3-1-2-6-4-7(11(14)15)5-9(13)10(6)8/h1-14,26H,15-16H2,(H,27,28);2-6,13H,1H3,(H,14,15);3*1-5,13H,(H,14,15);1-5,12-13H,(H,14,15). The minimum Gasteiger partial charge on any atom is -0.507 e. The Hall–Kier alpha value is -13.5. The molecule has 0 aromatic heterocycles. The first-order chi connectivity index (χ1) is 50.6. The van der Waals surface area contributed by atoms with Crippen molar-refractivity contribution in [2.24, 2.45) is 0 Å². The number of carboxylic acid groups (broad SMARTS) is 6. The number of rotatable bonds is 13. The Kier molecular flexibility index (Phi) is 24.9. The Labute approximate surface area is 618 Å². The lowest BCUT2D eigenvalue weighted by atomic mass is 10.0. The molecule has 0 saturated carbocycles. The second-order valence-corrected chi connectivity index (χ2v) is 24.5. The maximum atomic E-state index is 11.4. The molecule has 25 heteroatoms. The highest BCUT2D eigenvalue weighted by Gasteiger charge is 2.19. The summed E-state index contributed by atoms with van der Waals surface area (Å²) in [5.41, 5.74) is 2.19. The molecule has 14 aromatic carbocycles. The molecule has 0 fully saturated rings. The first-order valence-electron chi connectivity index (χ1n) is 31.1. The van der Waals surface area contributed by atoms with Gasteiger partial charge < -0.3 is 80.6 Å². The van der Waals surface area contributed by atoms with Gasteiger partial charge in [0, 0.05) is 32.0 Å². The van der Waals surface area contributed by atoms with E-state index in [1.54, 1.807) is 103 Å². The Bertz CT molecular complexity index is 5570. The predicted octanol–water partition coefficient (Wildman–Crippen LogP) is 18.4. The second-order valence-electron chi connectivity index (χ2n) is 22.8. The molecule has 0 saturated heterocycles. The number of carbonyl (C=O) groups is 6. The molecule has 13 N–H and O–H groups in total. The van der Waals surface area contributed by atoms with Crippen molar-refractivity contribution in [3.8, 4) is 57.5 Å². The van der Waals surface area contributed by atoms with E-state index in [-0.39, 0.29) is 83.5 Å². The van der Waals surface area contributed by atoms with Crippen LogP contribution in [0, 0.1) is 0 Å². The van der Waals surface area contributed by atoms with Gasteiger partial charge in [0.1, 0.15) is 59.2 Å². The minimum atomic E-state index is -1.12. The van der Waals surface area contributed by atoms with E-state index in [4.69, 9.17) is 62.9 Å². The highest BCUT2D eigenvalue weighted by atomic mass is 79.9. The fourth-order valence-corrected chi connectivity index (χ4v) is 11.6. The van der Waals surface area contributed by atoms with Gasteiger partial charge in [-0.25, -0.2) is 28.8 Å². The zero-order valence-corrected chi connectivity index (χ0v) is 58.2. The van der Waals surface area contributed by atoms with Gasteiger partial charge in [0.25, 0.3) is 0 Å². The van der Waals surface area contributed by atoms with Crippen molar-refractivity contribution in [1.29, 1.82) is 0 Å². The number of ether oxygens (including phenoxy) is 3. The normalized spacial score (nSPS) is 10.5. The molecule has 0 aliphatic rings. The van der Waals surface area contributed by atoms with E-state index in [0.29, 0.717) is 99.8 Å². The maximum absolute atomic E-state index is 11.4. The molecule has 22 nitrogen and oxygen atoms in total. The van der Waals surface area contributed by atoms with Crippen LogP contribution in [0.4, 0.5) is 0 Å². The molecule has 0 amide bonds. The van der Waals surface area contributed by atoms with Crippen LogP contribution in [0.25, 0.3) is 64.6 Å². The van der Waals surface area contributed by atoms with Crippen molar-refractivity contribution in [2.75, 3.05) is 7.11 Å². The fraction of sp³-hybridized carbons (Fsp3) is 0.0370. The van der Waals surface area contributed by atoms with Gasteiger partial charge in [-0.2, -0.15) is 0 Å². The van der Waals surface area contributed by atoms with Gasteiger partial charge in [0.2, 0.25) is 0 Å². The molecular formula is C81H59BrCl2O22. The summed E-state index contributed by atoms with van der Waals surface area (Å²) in [6.45, 7) is 0.667. The van der Waals surface area contributed by atoms with Crippen LogP contribution in [0.2, 0.25) is 10.0 Å². The topological polar surface area (TPSA) is 393 Å². The highest BCUT2D eigenvalue weighted by Crippen LogP contribution is 2.41. The van der Waals surface area contributed by atoms with Crippen LogP contribution in [-0.4, -0.2) is 109 Å². The lowest BCUT2D eigenvalue weighted by Crippen LogP contribution is -2.01. The van der Waals surface area contributed by atoms with E-state index < -0.39 is 35.8 Å². The zero-order valence-electron chi connectivity index (χ0n) is 55.1. The third-order valence-corrected chi connectivity index (χ3v) is 17.1. The summed E-state index contributed by atoms with van der Waals surface area (Å²) in [6, 6.07) is 64.5. The van der Waals surface area contributed by atoms with Crippen molar-refractivity contribution >= 4 is 140 Å². The smallest absolute Gasteiger partial charge is 0.337 e. The Morgan fingerprint density at radius 2 is 0.745 bits per heavy atom. The molecular weight excluding hydrogens is 1480 g/mol. The van der Waals surface area contributed by atoms with Gasteiger partial charge in [-0.3, -0.25) is 0 Å². The van der Waals surface area contributed by atoms with Crippen molar-refractivity contribution < 1.29 is 109 Å². The van der Waals surface area contributed by atoms with Crippen LogP contribution < -0.4 is 14.2 Å². The molecule has 106 heavy (non-hydrogen) atoms. The van der Waals surface area contributed by atoms with Crippen LogP contribution in [0.15, 0.2) is 241 Å². The summed E-state index contributed by atoms with van der Waals surface area (Å²) in [4.78, 5) is 65.2. The molecule has 536 valence electrons. The lowest BCUT2D eigenvalue weighted by Gasteiger charge is -2.15. The van der Waals surface area contributed by atoms with Crippen LogP contribution >= 0.6 is 39.1 Å². The van der Waals surface area contributed by atoms with Gasteiger partial charge in [-0.15, -0.1) is 0 Å². The number of phenolic OH excluding ortho intramolecular Hbond substituents is 7. The number of benzene rings is 14. The fourth-order valence-electron chi connectivity index (χ4n) is 10.6. The largest absolute Gasteiger partial charge is 0.507 e. The van der Waals surface area contributed by atoms with Gasteiger partial charge >= 0.3 is 35.8 Å². The third kappa shape index (κ3) is 19.0. The Balaban J connectivity index is 0.000000151. The molecule has 14 rings (SSSR count).